The molecule has 0 fully saturated rings. The first-order valence-electron chi connectivity index (χ1n) is 6.42. The molecular weight excluding hydrogens is 347 g/mol. The third-order valence-electron chi connectivity index (χ3n) is 3.05. The first-order chi connectivity index (χ1) is 10.4. The number of carbonyl (C=O) groups is 1. The maximum Gasteiger partial charge on any atom is 0.338 e. The first-order valence-corrected chi connectivity index (χ1v) is 7.58. The summed E-state index contributed by atoms with van der Waals surface area (Å²) in [5.41, 5.74) is 1.54. The molecule has 3 N–H and O–H groups in total. The molecule has 1 heterocycles. The third kappa shape index (κ3) is 4.10. The Balaban J connectivity index is 2.11. The molecule has 118 valence electrons. The maximum absolute atomic E-state index is 12.2. The van der Waals surface area contributed by atoms with Gasteiger partial charge in [-0.1, -0.05) is 23.2 Å². The number of ether oxygens (including phenoxy) is 1. The van der Waals surface area contributed by atoms with E-state index in [9.17, 15) is 9.90 Å². The smallest absolute Gasteiger partial charge is 0.338 e. The van der Waals surface area contributed by atoms with Crippen LogP contribution >= 0.6 is 35.4 Å². The van der Waals surface area contributed by atoms with Crippen LogP contribution in [0.15, 0.2) is 29.5 Å². The zero-order valence-electron chi connectivity index (χ0n) is 11.7. The highest BCUT2D eigenvalue weighted by atomic mass is 35.5. The molecule has 8 heteroatoms. The van der Waals surface area contributed by atoms with Crippen LogP contribution in [0.4, 0.5) is 0 Å². The minimum Gasteiger partial charge on any atom is -0.457 e. The largest absolute Gasteiger partial charge is 0.457 e. The quantitative estimate of drug-likeness (QED) is 0.564. The number of nitrogens with one attached hydrogen (secondary N) is 2. The van der Waals surface area contributed by atoms with Crippen LogP contribution < -0.4 is 10.6 Å². The van der Waals surface area contributed by atoms with E-state index in [1.807, 2.05) is 0 Å². The van der Waals surface area contributed by atoms with Crippen molar-refractivity contribution in [2.45, 2.75) is 19.6 Å². The number of hydrogen-bond acceptors (Lipinski definition) is 4. The lowest BCUT2D eigenvalue weighted by molar-refractivity contribution is -0.140. The molecule has 1 aromatic rings. The fourth-order valence-corrected chi connectivity index (χ4v) is 2.99. The minimum atomic E-state index is -0.593. The first kappa shape index (κ1) is 17.0. The second-order valence-electron chi connectivity index (χ2n) is 4.73. The number of rotatable bonds is 4. The van der Waals surface area contributed by atoms with E-state index in [0.717, 1.165) is 0 Å². The Morgan fingerprint density at radius 3 is 2.59 bits per heavy atom. The van der Waals surface area contributed by atoms with Gasteiger partial charge in [-0.25, -0.2) is 4.79 Å². The topological polar surface area (TPSA) is 70.6 Å². The van der Waals surface area contributed by atoms with Crippen LogP contribution in [0, 0.1) is 0 Å². The van der Waals surface area contributed by atoms with Crippen LogP contribution in [0.5, 0.6) is 0 Å². The zero-order chi connectivity index (χ0) is 16.3. The van der Waals surface area contributed by atoms with E-state index >= 15 is 0 Å². The van der Waals surface area contributed by atoms with Gasteiger partial charge in [0.15, 0.2) is 5.11 Å². The molecule has 0 saturated heterocycles. The van der Waals surface area contributed by atoms with Crippen LogP contribution in [0.2, 0.25) is 10.0 Å². The summed E-state index contributed by atoms with van der Waals surface area (Å²) in [5, 5.41) is 16.3. The summed E-state index contributed by atoms with van der Waals surface area (Å²) >= 11 is 16.8. The zero-order valence-corrected chi connectivity index (χ0v) is 14.0. The standard InChI is InChI=1S/C14H14Cl2N2O3S/c1-7-12(11(5-19)18-14(22)17-7)13(20)21-6-8-2-9(15)4-10(16)3-8/h2-4,11,19H,5-6H2,1H3,(H2,17,18,22). The van der Waals surface area contributed by atoms with Crippen molar-refractivity contribution in [3.05, 3.63) is 45.1 Å². The summed E-state index contributed by atoms with van der Waals surface area (Å²) in [7, 11) is 0. The van der Waals surface area contributed by atoms with Crippen LogP contribution in [-0.2, 0) is 16.1 Å². The normalized spacial score (nSPS) is 17.8. The predicted octanol–water partition coefficient (Wildman–Crippen LogP) is 2.15. The van der Waals surface area contributed by atoms with Crippen molar-refractivity contribution in [3.8, 4) is 0 Å². The summed E-state index contributed by atoms with van der Waals surface area (Å²) in [5.74, 6) is -0.546. The fourth-order valence-electron chi connectivity index (χ4n) is 2.12. The molecule has 0 bridgehead atoms. The van der Waals surface area contributed by atoms with Gasteiger partial charge in [-0.15, -0.1) is 0 Å². The van der Waals surface area contributed by atoms with E-state index in [1.165, 1.54) is 0 Å². The Morgan fingerprint density at radius 1 is 1.36 bits per heavy atom. The Labute approximate surface area is 143 Å². The number of aliphatic hydroxyl groups excluding tert-OH is 1. The van der Waals surface area contributed by atoms with E-state index in [2.05, 4.69) is 10.6 Å². The molecule has 1 aliphatic heterocycles. The predicted molar refractivity (Wildman–Crippen MR) is 88.7 cm³/mol. The number of carbonyl (C=O) groups excluding carboxylic acids is 1. The van der Waals surface area contributed by atoms with Gasteiger partial charge in [-0.05, 0) is 42.9 Å². The highest BCUT2D eigenvalue weighted by molar-refractivity contribution is 7.80. The molecule has 0 spiro atoms. The number of benzene rings is 1. The molecular formula is C14H14Cl2N2O3S. The fraction of sp³-hybridized carbons (Fsp3) is 0.286. The summed E-state index contributed by atoms with van der Waals surface area (Å²) in [4.78, 5) is 12.2. The molecule has 0 aromatic heterocycles. The lowest BCUT2D eigenvalue weighted by atomic mass is 10.0. The molecule has 5 nitrogen and oxygen atoms in total. The Morgan fingerprint density at radius 2 is 2.00 bits per heavy atom. The number of thiocarbonyl (C=S) groups is 1. The Kier molecular flexibility index (Phi) is 5.63. The average Bonchev–Trinajstić information content (AvgIpc) is 2.42. The number of halogens is 2. The van der Waals surface area contributed by atoms with Gasteiger partial charge in [0.1, 0.15) is 6.61 Å². The Hall–Kier alpha value is -1.34. The summed E-state index contributed by atoms with van der Waals surface area (Å²) in [6.07, 6.45) is 0. The van der Waals surface area contributed by atoms with Crippen LogP contribution in [0.3, 0.4) is 0 Å². The summed E-state index contributed by atoms with van der Waals surface area (Å²) in [6, 6.07) is 4.33. The second-order valence-corrected chi connectivity index (χ2v) is 6.01. The van der Waals surface area contributed by atoms with Gasteiger partial charge >= 0.3 is 5.97 Å². The SMILES string of the molecule is CC1=C(C(=O)OCc2cc(Cl)cc(Cl)c2)C(CO)NC(=S)N1. The number of esters is 1. The molecule has 1 unspecified atom stereocenters. The maximum atomic E-state index is 12.2. The van der Waals surface area contributed by atoms with Crippen molar-refractivity contribution in [1.82, 2.24) is 10.6 Å². The molecule has 22 heavy (non-hydrogen) atoms. The van der Waals surface area contributed by atoms with Crippen LogP contribution in [-0.4, -0.2) is 28.8 Å². The van der Waals surface area contributed by atoms with Gasteiger partial charge in [0.05, 0.1) is 18.2 Å². The molecule has 0 aliphatic carbocycles. The van der Waals surface area contributed by atoms with Crippen molar-refractivity contribution in [2.75, 3.05) is 6.61 Å². The van der Waals surface area contributed by atoms with Gasteiger partial charge in [0, 0.05) is 15.7 Å². The molecule has 1 atom stereocenters. The van der Waals surface area contributed by atoms with E-state index in [4.69, 9.17) is 40.2 Å². The molecule has 1 aliphatic rings. The van der Waals surface area contributed by atoms with Crippen molar-refractivity contribution in [3.63, 3.8) is 0 Å². The molecule has 0 radical (unpaired) electrons. The van der Waals surface area contributed by atoms with Gasteiger partial charge in [0.2, 0.25) is 0 Å². The van der Waals surface area contributed by atoms with Gasteiger partial charge in [-0.2, -0.15) is 0 Å². The van der Waals surface area contributed by atoms with Crippen molar-refractivity contribution in [2.24, 2.45) is 0 Å². The summed E-state index contributed by atoms with van der Waals surface area (Å²) < 4.78 is 5.27. The summed E-state index contributed by atoms with van der Waals surface area (Å²) in [6.45, 7) is 1.45. The van der Waals surface area contributed by atoms with Crippen LogP contribution in [0.25, 0.3) is 0 Å². The lowest BCUT2D eigenvalue weighted by Crippen LogP contribution is -2.51. The molecule has 0 amide bonds. The number of allylic oxidation sites excluding steroid dienone is 1. The van der Waals surface area contributed by atoms with Gasteiger partial charge in [-0.3, -0.25) is 0 Å². The lowest BCUT2D eigenvalue weighted by Gasteiger charge is -2.28. The highest BCUT2D eigenvalue weighted by Gasteiger charge is 2.29. The Bertz CT molecular complexity index is 629. The molecule has 2 rings (SSSR count). The van der Waals surface area contributed by atoms with E-state index in [1.54, 1.807) is 25.1 Å². The number of hydrogen-bond donors (Lipinski definition) is 3. The molecule has 1 aromatic carbocycles. The monoisotopic (exact) mass is 360 g/mol. The third-order valence-corrected chi connectivity index (χ3v) is 3.71. The van der Waals surface area contributed by atoms with Crippen LogP contribution in [0.1, 0.15) is 12.5 Å². The van der Waals surface area contributed by atoms with Crippen molar-refractivity contribution in [1.29, 1.82) is 0 Å². The van der Waals surface area contributed by atoms with Gasteiger partial charge < -0.3 is 20.5 Å². The van der Waals surface area contributed by atoms with Crippen molar-refractivity contribution >= 4 is 46.5 Å². The van der Waals surface area contributed by atoms with Crippen molar-refractivity contribution < 1.29 is 14.6 Å². The second kappa shape index (κ2) is 7.28. The molecule has 0 saturated carbocycles. The average molecular weight is 361 g/mol. The van der Waals surface area contributed by atoms with Gasteiger partial charge in [0.25, 0.3) is 0 Å². The minimum absolute atomic E-state index is 0.0263. The van der Waals surface area contributed by atoms with E-state index in [0.29, 0.717) is 32.0 Å². The van der Waals surface area contributed by atoms with E-state index < -0.39 is 12.0 Å². The highest BCUT2D eigenvalue weighted by Crippen LogP contribution is 2.20. The number of aliphatic hydroxyl groups is 1. The van der Waals surface area contributed by atoms with E-state index in [-0.39, 0.29) is 13.2 Å².